The molecule has 0 aliphatic carbocycles. The van der Waals surface area contributed by atoms with Gasteiger partial charge in [-0.1, -0.05) is 29.8 Å². The molecule has 5 rings (SSSR count). The molecule has 4 aromatic rings. The minimum absolute atomic E-state index is 0.0308. The first-order chi connectivity index (χ1) is 17.7. The van der Waals surface area contributed by atoms with Crippen LogP contribution in [0.15, 0.2) is 71.8 Å². The normalized spacial score (nSPS) is 13.7. The zero-order valence-corrected chi connectivity index (χ0v) is 21.0. The summed E-state index contributed by atoms with van der Waals surface area (Å²) in [7, 11) is 0. The smallest absolute Gasteiger partial charge is 0.295 e. The highest BCUT2D eigenvalue weighted by atomic mass is 19.1. The number of benzene rings is 2. The van der Waals surface area contributed by atoms with Gasteiger partial charge < -0.3 is 0 Å². The van der Waals surface area contributed by atoms with E-state index in [4.69, 9.17) is 0 Å². The molecule has 0 spiro atoms. The predicted molar refractivity (Wildman–Crippen MR) is 137 cm³/mol. The Hall–Kier alpha value is -4.59. The molecule has 8 heteroatoms. The number of aromatic nitrogens is 3. The number of pyridine rings is 1. The second-order valence-electron chi connectivity index (χ2n) is 9.37. The number of rotatable bonds is 5. The molecular weight excluding hydrogens is 471 g/mol. The third kappa shape index (κ3) is 4.20. The molecule has 0 bridgehead atoms. The Morgan fingerprint density at radius 1 is 0.838 bits per heavy atom. The summed E-state index contributed by atoms with van der Waals surface area (Å²) in [6, 6.07) is 15.0. The van der Waals surface area contributed by atoms with Crippen molar-refractivity contribution < 1.29 is 18.5 Å². The van der Waals surface area contributed by atoms with Crippen LogP contribution in [-0.4, -0.2) is 26.5 Å². The average Bonchev–Trinajstić information content (AvgIpc) is 3.27. The number of nitrogens with one attached hydrogen (secondary N) is 1. The van der Waals surface area contributed by atoms with Crippen LogP contribution < -0.4 is 10.1 Å². The Labute approximate surface area is 213 Å². The zero-order chi connectivity index (χ0) is 26.4. The summed E-state index contributed by atoms with van der Waals surface area (Å²) >= 11 is 0. The molecular formula is C29H26FN4O3+. The minimum Gasteiger partial charge on any atom is -0.295 e. The van der Waals surface area contributed by atoms with Gasteiger partial charge in [-0.25, -0.2) is 9.07 Å². The van der Waals surface area contributed by atoms with E-state index in [1.165, 1.54) is 28.9 Å². The van der Waals surface area contributed by atoms with Crippen molar-refractivity contribution in [1.82, 2.24) is 14.7 Å². The highest BCUT2D eigenvalue weighted by Crippen LogP contribution is 2.31. The summed E-state index contributed by atoms with van der Waals surface area (Å²) in [5, 5.41) is 3.09. The number of aryl methyl sites for hydroxylation is 4. The lowest BCUT2D eigenvalue weighted by molar-refractivity contribution is -0.577. The second kappa shape index (κ2) is 9.13. The van der Waals surface area contributed by atoms with Crippen LogP contribution in [0.25, 0.3) is 17.0 Å². The number of carbonyl (C=O) groups excluding carboxylic acids is 2. The largest absolute Gasteiger partial charge is 0.327 e. The average molecular weight is 498 g/mol. The third-order valence-corrected chi connectivity index (χ3v) is 6.57. The molecule has 0 radical (unpaired) electrons. The molecule has 2 aromatic heterocycles. The van der Waals surface area contributed by atoms with Gasteiger partial charge >= 0.3 is 5.91 Å². The Bertz CT molecular complexity index is 1640. The van der Waals surface area contributed by atoms with Crippen LogP contribution in [0.1, 0.15) is 33.5 Å². The van der Waals surface area contributed by atoms with E-state index in [-0.39, 0.29) is 23.4 Å². The van der Waals surface area contributed by atoms with E-state index in [2.05, 4.69) is 5.10 Å². The van der Waals surface area contributed by atoms with E-state index < -0.39 is 23.2 Å². The molecule has 37 heavy (non-hydrogen) atoms. The van der Waals surface area contributed by atoms with Crippen LogP contribution in [0.4, 0.5) is 4.39 Å². The SMILES string of the molecule is Cc1cc[n+](C2=C(c3c(C)[nH]n(-c4ccc(C)cc4C)c3=O)C(=O)N(Cc3ccc(F)cc3)C2=O)cc1. The number of imide groups is 1. The Morgan fingerprint density at radius 3 is 2.16 bits per heavy atom. The topological polar surface area (TPSA) is 79.1 Å². The number of aromatic amines is 1. The van der Waals surface area contributed by atoms with Gasteiger partial charge in [-0.15, -0.1) is 0 Å². The van der Waals surface area contributed by atoms with E-state index in [1.807, 2.05) is 51.1 Å². The number of hydrogen-bond donors (Lipinski definition) is 1. The van der Waals surface area contributed by atoms with Crippen molar-refractivity contribution in [2.75, 3.05) is 0 Å². The number of carbonyl (C=O) groups is 2. The lowest BCUT2D eigenvalue weighted by Gasteiger charge is -2.13. The van der Waals surface area contributed by atoms with E-state index in [1.54, 1.807) is 23.9 Å². The maximum Gasteiger partial charge on any atom is 0.327 e. The number of H-pyrrole nitrogens is 1. The van der Waals surface area contributed by atoms with Crippen LogP contribution >= 0.6 is 0 Å². The first-order valence-corrected chi connectivity index (χ1v) is 11.9. The highest BCUT2D eigenvalue weighted by Gasteiger charge is 2.47. The van der Waals surface area contributed by atoms with Gasteiger partial charge in [0.25, 0.3) is 17.2 Å². The molecule has 186 valence electrons. The van der Waals surface area contributed by atoms with E-state index in [9.17, 15) is 18.8 Å². The third-order valence-electron chi connectivity index (χ3n) is 6.57. The number of hydrogen-bond acceptors (Lipinski definition) is 3. The van der Waals surface area contributed by atoms with Crippen LogP contribution in [0.5, 0.6) is 0 Å². The monoisotopic (exact) mass is 497 g/mol. The molecule has 1 aliphatic heterocycles. The van der Waals surface area contributed by atoms with E-state index >= 15 is 0 Å². The van der Waals surface area contributed by atoms with Gasteiger partial charge in [0.1, 0.15) is 11.4 Å². The molecule has 0 atom stereocenters. The van der Waals surface area contributed by atoms with Crippen molar-refractivity contribution in [1.29, 1.82) is 0 Å². The second-order valence-corrected chi connectivity index (χ2v) is 9.37. The first kappa shape index (κ1) is 24.1. The molecule has 0 fully saturated rings. The molecule has 0 unspecified atom stereocenters. The first-order valence-electron chi connectivity index (χ1n) is 11.9. The molecule has 1 N–H and O–H groups in total. The van der Waals surface area contributed by atoms with Gasteiger partial charge in [-0.05, 0) is 62.6 Å². The van der Waals surface area contributed by atoms with Crippen molar-refractivity contribution >= 4 is 23.1 Å². The lowest BCUT2D eigenvalue weighted by atomic mass is 10.1. The highest BCUT2D eigenvalue weighted by molar-refractivity contribution is 6.44. The Kier molecular flexibility index (Phi) is 5.95. The van der Waals surface area contributed by atoms with Gasteiger partial charge in [0.2, 0.25) is 0 Å². The maximum absolute atomic E-state index is 13.8. The van der Waals surface area contributed by atoms with Gasteiger partial charge in [0.15, 0.2) is 12.4 Å². The minimum atomic E-state index is -0.579. The van der Waals surface area contributed by atoms with Gasteiger partial charge in [-0.2, -0.15) is 4.57 Å². The molecule has 2 aromatic carbocycles. The van der Waals surface area contributed by atoms with Crippen molar-refractivity contribution in [3.63, 3.8) is 0 Å². The summed E-state index contributed by atoms with van der Waals surface area (Å²) in [6.07, 6.45) is 3.39. The molecule has 0 saturated carbocycles. The van der Waals surface area contributed by atoms with E-state index in [0.29, 0.717) is 16.9 Å². The summed E-state index contributed by atoms with van der Waals surface area (Å²) in [5.41, 5.74) is 4.50. The number of halogens is 1. The number of nitrogens with zero attached hydrogens (tertiary/aromatic N) is 3. The Morgan fingerprint density at radius 2 is 1.51 bits per heavy atom. The molecule has 1 aliphatic rings. The Balaban J connectivity index is 1.68. The quantitative estimate of drug-likeness (QED) is 0.337. The fourth-order valence-electron chi connectivity index (χ4n) is 4.66. The lowest BCUT2D eigenvalue weighted by Crippen LogP contribution is -2.39. The molecule has 3 heterocycles. The van der Waals surface area contributed by atoms with Crippen LogP contribution in [-0.2, 0) is 16.1 Å². The summed E-state index contributed by atoms with van der Waals surface area (Å²) in [5.74, 6) is -1.52. The van der Waals surface area contributed by atoms with Crippen molar-refractivity contribution in [2.45, 2.75) is 34.2 Å². The fourth-order valence-corrected chi connectivity index (χ4v) is 4.66. The van der Waals surface area contributed by atoms with E-state index in [0.717, 1.165) is 21.6 Å². The molecule has 2 amide bonds. The van der Waals surface area contributed by atoms with Gasteiger partial charge in [0, 0.05) is 17.8 Å². The van der Waals surface area contributed by atoms with Crippen LogP contribution in [0, 0.1) is 33.5 Å². The van der Waals surface area contributed by atoms with Crippen molar-refractivity contribution in [3.05, 3.63) is 117 Å². The maximum atomic E-state index is 13.8. The standard InChI is InChI=1S/C29H25FN4O3/c1-17-11-13-32(14-12-17)26-25(27(35)33(29(26)37)16-21-6-8-22(30)9-7-21)24-20(4)31-34(28(24)36)23-10-5-18(2)15-19(23)3/h5-15H,16H2,1-4H3/p+1. The van der Waals surface area contributed by atoms with Crippen molar-refractivity contribution in [3.8, 4) is 5.69 Å². The molecule has 7 nitrogen and oxygen atoms in total. The predicted octanol–water partition coefficient (Wildman–Crippen LogP) is 3.76. The number of amides is 2. The van der Waals surface area contributed by atoms with Gasteiger partial charge in [-0.3, -0.25) is 24.4 Å². The van der Waals surface area contributed by atoms with Crippen LogP contribution in [0.3, 0.4) is 0 Å². The van der Waals surface area contributed by atoms with Crippen LogP contribution in [0.2, 0.25) is 0 Å². The fraction of sp³-hybridized carbons (Fsp3) is 0.172. The van der Waals surface area contributed by atoms with Gasteiger partial charge in [0.05, 0.1) is 17.8 Å². The van der Waals surface area contributed by atoms with Crippen molar-refractivity contribution in [2.24, 2.45) is 0 Å². The summed E-state index contributed by atoms with van der Waals surface area (Å²) in [4.78, 5) is 42.3. The summed E-state index contributed by atoms with van der Waals surface area (Å²) < 4.78 is 16.4. The summed E-state index contributed by atoms with van der Waals surface area (Å²) in [6.45, 7) is 7.46. The zero-order valence-electron chi connectivity index (χ0n) is 21.0. The molecule has 0 saturated heterocycles.